The van der Waals surface area contributed by atoms with Gasteiger partial charge in [0.15, 0.2) is 0 Å². The minimum atomic E-state index is -4.94. The number of alkyl halides is 6. The Morgan fingerprint density at radius 3 is 1.78 bits per heavy atom. The average molecular weight is 340 g/mol. The molecule has 0 bridgehead atoms. The smallest absolute Gasteiger partial charge is 0.325 e. The molecular formula is C14H14F6N2O. The van der Waals surface area contributed by atoms with E-state index in [1.807, 2.05) is 0 Å². The molecule has 0 saturated carbocycles. The average Bonchev–Trinajstić information content (AvgIpc) is 2.46. The van der Waals surface area contributed by atoms with Gasteiger partial charge in [-0.05, 0) is 37.5 Å². The van der Waals surface area contributed by atoms with Crippen LogP contribution in [0.2, 0.25) is 0 Å². The van der Waals surface area contributed by atoms with E-state index < -0.39 is 35.2 Å². The van der Waals surface area contributed by atoms with E-state index in [1.165, 1.54) is 4.90 Å². The van der Waals surface area contributed by atoms with Gasteiger partial charge in [-0.15, -0.1) is 0 Å². The van der Waals surface area contributed by atoms with E-state index in [-0.39, 0.29) is 6.07 Å². The number of urea groups is 1. The summed E-state index contributed by atoms with van der Waals surface area (Å²) in [5.74, 6) is 0. The molecule has 1 fully saturated rings. The molecule has 3 nitrogen and oxygen atoms in total. The first-order chi connectivity index (χ1) is 10.6. The predicted molar refractivity (Wildman–Crippen MR) is 70.9 cm³/mol. The monoisotopic (exact) mass is 340 g/mol. The predicted octanol–water partition coefficient (Wildman–Crippen LogP) is 4.74. The van der Waals surface area contributed by atoms with Crippen molar-refractivity contribution in [1.29, 1.82) is 0 Å². The van der Waals surface area contributed by atoms with E-state index in [0.717, 1.165) is 19.3 Å². The summed E-state index contributed by atoms with van der Waals surface area (Å²) in [7, 11) is 0. The SMILES string of the molecule is O=C(Nc1cc(C(F)(F)F)cc(C(F)(F)F)c1)N1CCCCC1. The van der Waals surface area contributed by atoms with Crippen LogP contribution in [0.5, 0.6) is 0 Å². The molecule has 1 aromatic rings. The largest absolute Gasteiger partial charge is 0.416 e. The first kappa shape index (κ1) is 17.4. The molecule has 2 amide bonds. The van der Waals surface area contributed by atoms with Crippen molar-refractivity contribution in [3.8, 4) is 0 Å². The highest BCUT2D eigenvalue weighted by Gasteiger charge is 2.37. The number of nitrogens with zero attached hydrogens (tertiary/aromatic N) is 1. The normalized spacial score (nSPS) is 16.3. The van der Waals surface area contributed by atoms with Gasteiger partial charge in [-0.3, -0.25) is 0 Å². The van der Waals surface area contributed by atoms with E-state index in [2.05, 4.69) is 5.32 Å². The third-order valence-corrected chi connectivity index (χ3v) is 3.48. The maximum absolute atomic E-state index is 12.7. The lowest BCUT2D eigenvalue weighted by Gasteiger charge is -2.27. The zero-order chi connectivity index (χ0) is 17.3. The van der Waals surface area contributed by atoms with Crippen LogP contribution >= 0.6 is 0 Å². The van der Waals surface area contributed by atoms with E-state index >= 15 is 0 Å². The summed E-state index contributed by atoms with van der Waals surface area (Å²) >= 11 is 0. The Balaban J connectivity index is 2.28. The van der Waals surface area contributed by atoms with Gasteiger partial charge in [-0.25, -0.2) is 4.79 Å². The maximum Gasteiger partial charge on any atom is 0.416 e. The number of amides is 2. The summed E-state index contributed by atoms with van der Waals surface area (Å²) < 4.78 is 76.4. The van der Waals surface area contributed by atoms with E-state index in [4.69, 9.17) is 0 Å². The Kier molecular flexibility index (Phi) is 4.76. The Bertz CT molecular complexity index is 543. The lowest BCUT2D eigenvalue weighted by molar-refractivity contribution is -0.143. The van der Waals surface area contributed by atoms with Gasteiger partial charge in [0, 0.05) is 18.8 Å². The molecule has 0 aromatic heterocycles. The zero-order valence-corrected chi connectivity index (χ0v) is 11.9. The molecular weight excluding hydrogens is 326 g/mol. The van der Waals surface area contributed by atoms with Crippen molar-refractivity contribution in [2.45, 2.75) is 31.6 Å². The molecule has 1 N–H and O–H groups in total. The number of carbonyl (C=O) groups excluding carboxylic acids is 1. The molecule has 0 unspecified atom stereocenters. The van der Waals surface area contributed by atoms with Crippen LogP contribution in [0.4, 0.5) is 36.8 Å². The maximum atomic E-state index is 12.7. The fourth-order valence-electron chi connectivity index (χ4n) is 2.33. The molecule has 0 atom stereocenters. The summed E-state index contributed by atoms with van der Waals surface area (Å²) in [4.78, 5) is 13.3. The second-order valence-corrected chi connectivity index (χ2v) is 5.27. The van der Waals surface area contributed by atoms with Crippen LogP contribution in [0, 0.1) is 0 Å². The first-order valence-electron chi connectivity index (χ1n) is 6.93. The molecule has 1 aromatic carbocycles. The number of hydrogen-bond donors (Lipinski definition) is 1. The van der Waals surface area contributed by atoms with Gasteiger partial charge in [-0.1, -0.05) is 0 Å². The van der Waals surface area contributed by atoms with Crippen LogP contribution < -0.4 is 5.32 Å². The summed E-state index contributed by atoms with van der Waals surface area (Å²) in [6, 6.07) is 0.321. The molecule has 1 saturated heterocycles. The lowest BCUT2D eigenvalue weighted by Crippen LogP contribution is -2.38. The number of hydrogen-bond acceptors (Lipinski definition) is 1. The van der Waals surface area contributed by atoms with E-state index in [9.17, 15) is 31.1 Å². The highest BCUT2D eigenvalue weighted by atomic mass is 19.4. The van der Waals surface area contributed by atoms with Crippen molar-refractivity contribution in [2.24, 2.45) is 0 Å². The van der Waals surface area contributed by atoms with Gasteiger partial charge < -0.3 is 10.2 Å². The summed E-state index contributed by atoms with van der Waals surface area (Å²) in [6.45, 7) is 0.855. The van der Waals surface area contributed by atoms with Crippen LogP contribution in [0.15, 0.2) is 18.2 Å². The molecule has 128 valence electrons. The molecule has 0 aliphatic carbocycles. The number of likely N-dealkylation sites (tertiary alicyclic amines) is 1. The Labute approximate surface area is 128 Å². The minimum absolute atomic E-state index is 0.0244. The zero-order valence-electron chi connectivity index (χ0n) is 11.9. The highest BCUT2D eigenvalue weighted by molar-refractivity contribution is 5.89. The minimum Gasteiger partial charge on any atom is -0.325 e. The number of rotatable bonds is 1. The van der Waals surface area contributed by atoms with Gasteiger partial charge in [0.1, 0.15) is 0 Å². The second kappa shape index (κ2) is 6.29. The summed E-state index contributed by atoms with van der Waals surface area (Å²) in [5, 5.41) is 2.12. The molecule has 9 heteroatoms. The molecule has 2 rings (SSSR count). The molecule has 0 spiro atoms. The summed E-state index contributed by atoms with van der Waals surface area (Å²) in [6.07, 6.45) is -7.43. The molecule has 23 heavy (non-hydrogen) atoms. The molecule has 1 heterocycles. The van der Waals surface area contributed by atoms with Crippen LogP contribution in [0.25, 0.3) is 0 Å². The van der Waals surface area contributed by atoms with Gasteiger partial charge in [0.05, 0.1) is 11.1 Å². The number of halogens is 6. The first-order valence-corrected chi connectivity index (χ1v) is 6.93. The van der Waals surface area contributed by atoms with Gasteiger partial charge in [0.2, 0.25) is 0 Å². The quantitative estimate of drug-likeness (QED) is 0.736. The van der Waals surface area contributed by atoms with Crippen molar-refractivity contribution in [1.82, 2.24) is 4.90 Å². The number of benzene rings is 1. The fraction of sp³-hybridized carbons (Fsp3) is 0.500. The van der Waals surface area contributed by atoms with Crippen LogP contribution in [-0.2, 0) is 12.4 Å². The van der Waals surface area contributed by atoms with Crippen molar-refractivity contribution >= 4 is 11.7 Å². The van der Waals surface area contributed by atoms with Gasteiger partial charge >= 0.3 is 18.4 Å². The van der Waals surface area contributed by atoms with Crippen molar-refractivity contribution in [3.63, 3.8) is 0 Å². The standard InChI is InChI=1S/C14H14F6N2O/c15-13(16,17)9-6-10(14(18,19)20)8-11(7-9)21-12(23)22-4-2-1-3-5-22/h6-8H,1-5H2,(H,21,23). The number of anilines is 1. The van der Waals surface area contributed by atoms with Crippen LogP contribution in [0.1, 0.15) is 30.4 Å². The Hall–Kier alpha value is -1.93. The van der Waals surface area contributed by atoms with Crippen molar-refractivity contribution < 1.29 is 31.1 Å². The third kappa shape index (κ3) is 4.52. The second-order valence-electron chi connectivity index (χ2n) is 5.27. The third-order valence-electron chi connectivity index (χ3n) is 3.48. The van der Waals surface area contributed by atoms with Crippen molar-refractivity contribution in [2.75, 3.05) is 18.4 Å². The topological polar surface area (TPSA) is 32.3 Å². The highest BCUT2D eigenvalue weighted by Crippen LogP contribution is 2.37. The number of piperidine rings is 1. The Morgan fingerprint density at radius 1 is 0.870 bits per heavy atom. The van der Waals surface area contributed by atoms with E-state index in [1.54, 1.807) is 0 Å². The summed E-state index contributed by atoms with van der Waals surface area (Å²) in [5.41, 5.74) is -3.44. The van der Waals surface area contributed by atoms with Crippen LogP contribution in [-0.4, -0.2) is 24.0 Å². The lowest BCUT2D eigenvalue weighted by atomic mass is 10.1. The Morgan fingerprint density at radius 2 is 1.35 bits per heavy atom. The number of carbonyl (C=O) groups is 1. The number of nitrogens with one attached hydrogen (secondary N) is 1. The van der Waals surface area contributed by atoms with Crippen LogP contribution in [0.3, 0.4) is 0 Å². The van der Waals surface area contributed by atoms with Gasteiger partial charge in [-0.2, -0.15) is 26.3 Å². The van der Waals surface area contributed by atoms with Crippen molar-refractivity contribution in [3.05, 3.63) is 29.3 Å². The van der Waals surface area contributed by atoms with E-state index in [0.29, 0.717) is 25.2 Å². The molecule has 0 radical (unpaired) electrons. The molecule has 1 aliphatic rings. The molecule has 1 aliphatic heterocycles. The fourth-order valence-corrected chi connectivity index (χ4v) is 2.33. The van der Waals surface area contributed by atoms with Gasteiger partial charge in [0.25, 0.3) is 0 Å².